The van der Waals surface area contributed by atoms with Crippen LogP contribution >= 0.6 is 0 Å². The number of alkyl halides is 3. The van der Waals surface area contributed by atoms with Crippen LogP contribution in [0.15, 0.2) is 24.3 Å². The quantitative estimate of drug-likeness (QED) is 0.898. The van der Waals surface area contributed by atoms with E-state index in [0.29, 0.717) is 31.7 Å². The van der Waals surface area contributed by atoms with Crippen molar-refractivity contribution >= 4 is 11.7 Å². The molecule has 0 atom stereocenters. The summed E-state index contributed by atoms with van der Waals surface area (Å²) in [5.41, 5.74) is -1.19. The largest absolute Gasteiger partial charge is 0.481 e. The summed E-state index contributed by atoms with van der Waals surface area (Å²) >= 11 is 0. The molecular formula is C14H16F3NO3. The summed E-state index contributed by atoms with van der Waals surface area (Å²) in [6.45, 7) is 0.916. The molecule has 1 aliphatic rings. The van der Waals surface area contributed by atoms with Crippen molar-refractivity contribution in [3.05, 3.63) is 29.8 Å². The first-order valence-corrected chi connectivity index (χ1v) is 6.56. The first-order valence-electron chi connectivity index (χ1n) is 6.56. The van der Waals surface area contributed by atoms with Gasteiger partial charge in [-0.25, -0.2) is 0 Å². The molecule has 1 saturated heterocycles. The average molecular weight is 303 g/mol. The highest BCUT2D eigenvalue weighted by atomic mass is 19.4. The lowest BCUT2D eigenvalue weighted by molar-refractivity contribution is -0.153. The smallest absolute Gasteiger partial charge is 0.416 e. The van der Waals surface area contributed by atoms with Crippen LogP contribution in [0.2, 0.25) is 0 Å². The molecule has 0 radical (unpaired) electrons. The Hall–Kier alpha value is -1.76. The van der Waals surface area contributed by atoms with Gasteiger partial charge in [-0.3, -0.25) is 4.79 Å². The fourth-order valence-electron chi connectivity index (χ4n) is 2.28. The Morgan fingerprint density at radius 2 is 1.81 bits per heavy atom. The van der Waals surface area contributed by atoms with Crippen LogP contribution in [-0.4, -0.2) is 30.8 Å². The second-order valence-corrected chi connectivity index (χ2v) is 5.13. The van der Waals surface area contributed by atoms with Gasteiger partial charge < -0.3 is 15.2 Å². The van der Waals surface area contributed by atoms with Crippen LogP contribution in [0.5, 0.6) is 0 Å². The van der Waals surface area contributed by atoms with Gasteiger partial charge >= 0.3 is 12.1 Å². The SMILES string of the molecule is O=C(O)C1(CNc2ccc(C(F)(F)F)cc2)CCOCC1. The van der Waals surface area contributed by atoms with E-state index in [1.165, 1.54) is 12.1 Å². The van der Waals surface area contributed by atoms with E-state index >= 15 is 0 Å². The zero-order chi connectivity index (χ0) is 15.5. The Labute approximate surface area is 119 Å². The Morgan fingerprint density at radius 3 is 2.29 bits per heavy atom. The van der Waals surface area contributed by atoms with Crippen LogP contribution in [0, 0.1) is 5.41 Å². The molecule has 0 amide bonds. The van der Waals surface area contributed by atoms with Crippen molar-refractivity contribution in [2.24, 2.45) is 5.41 Å². The number of hydrogen-bond donors (Lipinski definition) is 2. The van der Waals surface area contributed by atoms with Crippen LogP contribution in [0.1, 0.15) is 18.4 Å². The van der Waals surface area contributed by atoms with Crippen molar-refractivity contribution < 1.29 is 27.8 Å². The van der Waals surface area contributed by atoms with E-state index in [4.69, 9.17) is 4.74 Å². The monoisotopic (exact) mass is 303 g/mol. The number of benzene rings is 1. The highest BCUT2D eigenvalue weighted by Gasteiger charge is 2.40. The Kier molecular flexibility index (Phi) is 4.41. The summed E-state index contributed by atoms with van der Waals surface area (Å²) < 4.78 is 42.5. The first kappa shape index (κ1) is 15.6. The van der Waals surface area contributed by atoms with Crippen molar-refractivity contribution in [1.29, 1.82) is 0 Å². The van der Waals surface area contributed by atoms with E-state index in [0.717, 1.165) is 12.1 Å². The van der Waals surface area contributed by atoms with Gasteiger partial charge in [0, 0.05) is 25.4 Å². The predicted molar refractivity (Wildman–Crippen MR) is 70.1 cm³/mol. The maximum Gasteiger partial charge on any atom is 0.416 e. The number of halogens is 3. The summed E-state index contributed by atoms with van der Waals surface area (Å²) in [5.74, 6) is -0.912. The summed E-state index contributed by atoms with van der Waals surface area (Å²) in [4.78, 5) is 11.4. The van der Waals surface area contributed by atoms with E-state index in [2.05, 4.69) is 5.32 Å². The number of carboxylic acids is 1. The molecule has 1 heterocycles. The van der Waals surface area contributed by atoms with E-state index in [1.807, 2.05) is 0 Å². The molecule has 4 nitrogen and oxygen atoms in total. The first-order chi connectivity index (χ1) is 9.83. The van der Waals surface area contributed by atoms with Crippen molar-refractivity contribution in [1.82, 2.24) is 0 Å². The van der Waals surface area contributed by atoms with E-state index < -0.39 is 23.1 Å². The van der Waals surface area contributed by atoms with Crippen LogP contribution in [0.3, 0.4) is 0 Å². The second kappa shape index (κ2) is 5.93. The predicted octanol–water partition coefficient (Wildman–Crippen LogP) is 3.00. The van der Waals surface area contributed by atoms with Crippen molar-refractivity contribution in [3.63, 3.8) is 0 Å². The van der Waals surface area contributed by atoms with Gasteiger partial charge in [-0.1, -0.05) is 0 Å². The van der Waals surface area contributed by atoms with Crippen LogP contribution in [0.25, 0.3) is 0 Å². The highest BCUT2D eigenvalue weighted by Crippen LogP contribution is 2.32. The van der Waals surface area contributed by atoms with Crippen LogP contribution in [-0.2, 0) is 15.7 Å². The second-order valence-electron chi connectivity index (χ2n) is 5.13. The average Bonchev–Trinajstić information content (AvgIpc) is 2.45. The van der Waals surface area contributed by atoms with E-state index in [-0.39, 0.29) is 6.54 Å². The van der Waals surface area contributed by atoms with Gasteiger partial charge in [-0.15, -0.1) is 0 Å². The molecule has 1 aliphatic heterocycles. The third-order valence-electron chi connectivity index (χ3n) is 3.75. The van der Waals surface area contributed by atoms with Gasteiger partial charge in [-0.2, -0.15) is 13.2 Å². The summed E-state index contributed by atoms with van der Waals surface area (Å²) in [5, 5.41) is 12.3. The number of anilines is 1. The molecule has 0 unspecified atom stereocenters. The van der Waals surface area contributed by atoms with E-state index in [9.17, 15) is 23.1 Å². The number of carboxylic acid groups (broad SMARTS) is 1. The van der Waals surface area contributed by atoms with Crippen molar-refractivity contribution in [3.8, 4) is 0 Å². The molecule has 1 aromatic carbocycles. The lowest BCUT2D eigenvalue weighted by Gasteiger charge is -2.33. The number of rotatable bonds is 4. The van der Waals surface area contributed by atoms with Crippen LogP contribution < -0.4 is 5.32 Å². The third kappa shape index (κ3) is 3.66. The lowest BCUT2D eigenvalue weighted by Crippen LogP contribution is -2.42. The maximum absolute atomic E-state index is 12.5. The number of aliphatic carboxylic acids is 1. The molecule has 7 heteroatoms. The molecule has 2 N–H and O–H groups in total. The van der Waals surface area contributed by atoms with Gasteiger partial charge in [0.25, 0.3) is 0 Å². The molecule has 21 heavy (non-hydrogen) atoms. The van der Waals surface area contributed by atoms with Crippen LogP contribution in [0.4, 0.5) is 18.9 Å². The Morgan fingerprint density at radius 1 is 1.24 bits per heavy atom. The van der Waals surface area contributed by atoms with Crippen molar-refractivity contribution in [2.45, 2.75) is 19.0 Å². The summed E-state index contributed by atoms with van der Waals surface area (Å²) in [6.07, 6.45) is -3.60. The zero-order valence-electron chi connectivity index (χ0n) is 11.2. The van der Waals surface area contributed by atoms with Crippen molar-refractivity contribution in [2.75, 3.05) is 25.1 Å². The number of carbonyl (C=O) groups is 1. The summed E-state index contributed by atoms with van der Waals surface area (Å²) in [6, 6.07) is 4.55. The zero-order valence-corrected chi connectivity index (χ0v) is 11.2. The molecule has 1 fully saturated rings. The topological polar surface area (TPSA) is 58.6 Å². The fourth-order valence-corrected chi connectivity index (χ4v) is 2.28. The van der Waals surface area contributed by atoms with E-state index in [1.54, 1.807) is 0 Å². The Bertz CT molecular complexity index is 493. The maximum atomic E-state index is 12.5. The van der Waals surface area contributed by atoms with Gasteiger partial charge in [0.15, 0.2) is 0 Å². The lowest BCUT2D eigenvalue weighted by atomic mass is 9.80. The van der Waals surface area contributed by atoms with Gasteiger partial charge in [0.2, 0.25) is 0 Å². The molecule has 1 aromatic rings. The molecule has 2 rings (SSSR count). The molecule has 0 saturated carbocycles. The minimum absolute atomic E-state index is 0.164. The number of ether oxygens (including phenoxy) is 1. The third-order valence-corrected chi connectivity index (χ3v) is 3.75. The van der Waals surface area contributed by atoms with Gasteiger partial charge in [0.1, 0.15) is 0 Å². The Balaban J connectivity index is 2.03. The molecule has 116 valence electrons. The van der Waals surface area contributed by atoms with Gasteiger partial charge in [0.05, 0.1) is 11.0 Å². The molecule has 0 bridgehead atoms. The molecule has 0 aliphatic carbocycles. The summed E-state index contributed by atoms with van der Waals surface area (Å²) in [7, 11) is 0. The number of hydrogen-bond acceptors (Lipinski definition) is 3. The molecule has 0 spiro atoms. The fraction of sp³-hybridized carbons (Fsp3) is 0.500. The molecular weight excluding hydrogens is 287 g/mol. The standard InChI is InChI=1S/C14H16F3NO3/c15-14(16,17)10-1-3-11(4-2-10)18-9-13(12(19)20)5-7-21-8-6-13/h1-4,18H,5-9H2,(H,19,20). The minimum atomic E-state index is -4.37. The number of nitrogens with one attached hydrogen (secondary N) is 1. The van der Waals surface area contributed by atoms with Gasteiger partial charge in [-0.05, 0) is 37.1 Å². The minimum Gasteiger partial charge on any atom is -0.481 e. The normalized spacial score (nSPS) is 18.2. The highest BCUT2D eigenvalue weighted by molar-refractivity contribution is 5.75. The molecule has 0 aromatic heterocycles.